The van der Waals surface area contributed by atoms with E-state index in [9.17, 15) is 9.59 Å². The number of carbonyl (C=O) groups excluding carboxylic acids is 2. The number of aryl methyl sites for hydroxylation is 2. The lowest BCUT2D eigenvalue weighted by atomic mass is 10.1. The minimum atomic E-state index is -0.123. The molecule has 1 atom stereocenters. The number of anilines is 2. The summed E-state index contributed by atoms with van der Waals surface area (Å²) >= 11 is 1.35. The molecule has 0 unspecified atom stereocenters. The Bertz CT molecular complexity index is 1060. The summed E-state index contributed by atoms with van der Waals surface area (Å²) in [6.07, 6.45) is 1.57. The van der Waals surface area contributed by atoms with Gasteiger partial charge in [-0.3, -0.25) is 9.59 Å². The molecule has 0 spiro atoms. The highest BCUT2D eigenvalue weighted by atomic mass is 32.1. The maximum Gasteiger partial charge on any atom is 0.230 e. The molecule has 30 heavy (non-hydrogen) atoms. The van der Waals surface area contributed by atoms with Gasteiger partial charge in [0, 0.05) is 24.6 Å². The normalized spacial score (nSPS) is 16.1. The summed E-state index contributed by atoms with van der Waals surface area (Å²) in [6.45, 7) is 4.69. The van der Waals surface area contributed by atoms with E-state index in [2.05, 4.69) is 28.5 Å². The summed E-state index contributed by atoms with van der Waals surface area (Å²) in [4.78, 5) is 26.8. The molecule has 1 aliphatic rings. The second-order valence-electron chi connectivity index (χ2n) is 7.54. The third kappa shape index (κ3) is 4.41. The molecule has 1 aromatic heterocycles. The standard InChI is InChI=1S/C23H24N4O2S/c1-3-17-6-4-5-7-19(17)27-14-18(13-21(27)29)22-25-26-23(30-22)24-20(28)12-16-10-8-15(2)9-11-16/h4-11,18H,3,12-14H2,1-2H3,(H,24,26,28)/t18-/m0/s1. The van der Waals surface area contributed by atoms with Crippen LogP contribution in [0.5, 0.6) is 0 Å². The van der Waals surface area contributed by atoms with Crippen molar-refractivity contribution in [3.8, 4) is 0 Å². The van der Waals surface area contributed by atoms with Crippen molar-refractivity contribution < 1.29 is 9.59 Å². The number of aromatic nitrogens is 2. The van der Waals surface area contributed by atoms with Gasteiger partial charge in [0.25, 0.3) is 0 Å². The number of amides is 2. The van der Waals surface area contributed by atoms with Gasteiger partial charge in [0.15, 0.2) is 0 Å². The zero-order valence-corrected chi connectivity index (χ0v) is 17.9. The lowest BCUT2D eigenvalue weighted by Gasteiger charge is -2.19. The van der Waals surface area contributed by atoms with Gasteiger partial charge in [-0.2, -0.15) is 0 Å². The van der Waals surface area contributed by atoms with Gasteiger partial charge in [-0.1, -0.05) is 66.3 Å². The predicted octanol–water partition coefficient (Wildman–Crippen LogP) is 4.11. The van der Waals surface area contributed by atoms with E-state index in [4.69, 9.17) is 0 Å². The fourth-order valence-electron chi connectivity index (χ4n) is 3.68. The molecule has 2 heterocycles. The highest BCUT2D eigenvalue weighted by Gasteiger charge is 2.34. The first-order valence-corrected chi connectivity index (χ1v) is 10.9. The monoisotopic (exact) mass is 420 g/mol. The van der Waals surface area contributed by atoms with Gasteiger partial charge in [0.1, 0.15) is 5.01 Å². The van der Waals surface area contributed by atoms with Crippen LogP contribution in [0.4, 0.5) is 10.8 Å². The summed E-state index contributed by atoms with van der Waals surface area (Å²) in [7, 11) is 0. The molecule has 1 aliphatic heterocycles. The molecular weight excluding hydrogens is 396 g/mol. The lowest BCUT2D eigenvalue weighted by Crippen LogP contribution is -2.25. The second-order valence-corrected chi connectivity index (χ2v) is 8.55. The average molecular weight is 421 g/mol. The van der Waals surface area contributed by atoms with E-state index in [0.29, 0.717) is 24.5 Å². The molecule has 4 rings (SSSR count). The van der Waals surface area contributed by atoms with Crippen LogP contribution in [0, 0.1) is 6.92 Å². The molecule has 3 aromatic rings. The Balaban J connectivity index is 1.41. The van der Waals surface area contributed by atoms with Gasteiger partial charge < -0.3 is 10.2 Å². The second kappa shape index (κ2) is 8.75. The van der Waals surface area contributed by atoms with E-state index in [1.807, 2.05) is 54.3 Å². The van der Waals surface area contributed by atoms with Crippen molar-refractivity contribution in [2.24, 2.45) is 0 Å². The van der Waals surface area contributed by atoms with Crippen LogP contribution in [0.3, 0.4) is 0 Å². The quantitative estimate of drug-likeness (QED) is 0.651. The van der Waals surface area contributed by atoms with Gasteiger partial charge in [0.05, 0.1) is 6.42 Å². The summed E-state index contributed by atoms with van der Waals surface area (Å²) in [5.41, 5.74) is 4.25. The first-order chi connectivity index (χ1) is 14.5. The summed E-state index contributed by atoms with van der Waals surface area (Å²) in [5.74, 6) is -0.0359. The molecular formula is C23H24N4O2S. The van der Waals surface area contributed by atoms with Crippen molar-refractivity contribution in [2.75, 3.05) is 16.8 Å². The molecule has 2 amide bonds. The molecule has 1 saturated heterocycles. The maximum atomic E-state index is 12.7. The summed E-state index contributed by atoms with van der Waals surface area (Å²) < 4.78 is 0. The number of para-hydroxylation sites is 1. The van der Waals surface area contributed by atoms with E-state index in [-0.39, 0.29) is 17.7 Å². The Morgan fingerprint density at radius 3 is 2.70 bits per heavy atom. The molecule has 6 nitrogen and oxygen atoms in total. The van der Waals surface area contributed by atoms with Gasteiger partial charge in [-0.25, -0.2) is 0 Å². The van der Waals surface area contributed by atoms with E-state index in [0.717, 1.165) is 33.8 Å². The maximum absolute atomic E-state index is 12.7. The smallest absolute Gasteiger partial charge is 0.230 e. The van der Waals surface area contributed by atoms with Crippen LogP contribution in [-0.2, 0) is 22.4 Å². The predicted molar refractivity (Wildman–Crippen MR) is 119 cm³/mol. The average Bonchev–Trinajstić information content (AvgIpc) is 3.36. The van der Waals surface area contributed by atoms with Crippen molar-refractivity contribution in [1.29, 1.82) is 0 Å². The molecule has 7 heteroatoms. The molecule has 0 aliphatic carbocycles. The van der Waals surface area contributed by atoms with Crippen molar-refractivity contribution in [3.05, 3.63) is 70.2 Å². The van der Waals surface area contributed by atoms with Crippen molar-refractivity contribution in [2.45, 2.75) is 39.0 Å². The number of benzene rings is 2. The fraction of sp³-hybridized carbons (Fsp3) is 0.304. The highest BCUT2D eigenvalue weighted by molar-refractivity contribution is 7.15. The SMILES string of the molecule is CCc1ccccc1N1C[C@@H](c2nnc(NC(=O)Cc3ccc(C)cc3)s2)CC1=O. The number of rotatable bonds is 6. The Labute approximate surface area is 180 Å². The number of nitrogens with one attached hydrogen (secondary N) is 1. The number of nitrogens with zero attached hydrogens (tertiary/aromatic N) is 3. The fourth-order valence-corrected chi connectivity index (χ4v) is 4.53. The van der Waals surface area contributed by atoms with E-state index < -0.39 is 0 Å². The molecule has 0 radical (unpaired) electrons. The van der Waals surface area contributed by atoms with Crippen LogP contribution in [0.15, 0.2) is 48.5 Å². The topological polar surface area (TPSA) is 75.2 Å². The highest BCUT2D eigenvalue weighted by Crippen LogP contribution is 2.35. The van der Waals surface area contributed by atoms with E-state index >= 15 is 0 Å². The van der Waals surface area contributed by atoms with Gasteiger partial charge in [-0.15, -0.1) is 10.2 Å². The van der Waals surface area contributed by atoms with Gasteiger partial charge in [-0.05, 0) is 30.5 Å². The van der Waals surface area contributed by atoms with Crippen LogP contribution in [-0.4, -0.2) is 28.6 Å². The zero-order valence-electron chi connectivity index (χ0n) is 17.1. The number of hydrogen-bond acceptors (Lipinski definition) is 5. The number of carbonyl (C=O) groups is 2. The molecule has 2 aromatic carbocycles. The molecule has 0 bridgehead atoms. The van der Waals surface area contributed by atoms with E-state index in [1.54, 1.807) is 0 Å². The van der Waals surface area contributed by atoms with Crippen LogP contribution < -0.4 is 10.2 Å². The molecule has 0 saturated carbocycles. The van der Waals surface area contributed by atoms with Crippen molar-refractivity contribution in [3.63, 3.8) is 0 Å². The van der Waals surface area contributed by atoms with Gasteiger partial charge in [0.2, 0.25) is 16.9 Å². The van der Waals surface area contributed by atoms with Crippen LogP contribution in [0.25, 0.3) is 0 Å². The largest absolute Gasteiger partial charge is 0.311 e. The van der Waals surface area contributed by atoms with Crippen molar-refractivity contribution in [1.82, 2.24) is 10.2 Å². The minimum Gasteiger partial charge on any atom is -0.311 e. The third-order valence-corrected chi connectivity index (χ3v) is 6.31. The Kier molecular flexibility index (Phi) is 5.90. The molecule has 1 fully saturated rings. The summed E-state index contributed by atoms with van der Waals surface area (Å²) in [5, 5.41) is 12.5. The molecule has 1 N–H and O–H groups in total. The van der Waals surface area contributed by atoms with Crippen LogP contribution in [0.1, 0.15) is 41.0 Å². The third-order valence-electron chi connectivity index (χ3n) is 5.31. The first-order valence-electron chi connectivity index (χ1n) is 10.1. The Morgan fingerprint density at radius 2 is 1.93 bits per heavy atom. The van der Waals surface area contributed by atoms with Crippen LogP contribution >= 0.6 is 11.3 Å². The minimum absolute atomic E-state index is 0.0114. The van der Waals surface area contributed by atoms with Gasteiger partial charge >= 0.3 is 0 Å². The first kappa shape index (κ1) is 20.2. The number of hydrogen-bond donors (Lipinski definition) is 1. The lowest BCUT2D eigenvalue weighted by molar-refractivity contribution is -0.117. The van der Waals surface area contributed by atoms with Crippen molar-refractivity contribution >= 4 is 34.0 Å². The summed E-state index contributed by atoms with van der Waals surface area (Å²) in [6, 6.07) is 15.9. The zero-order chi connectivity index (χ0) is 21.1. The Hall–Kier alpha value is -3.06. The Morgan fingerprint density at radius 1 is 1.17 bits per heavy atom. The molecule has 154 valence electrons. The van der Waals surface area contributed by atoms with Crippen LogP contribution in [0.2, 0.25) is 0 Å². The van der Waals surface area contributed by atoms with E-state index in [1.165, 1.54) is 11.3 Å².